The monoisotopic (exact) mass is 258 g/mol. The highest BCUT2D eigenvalue weighted by atomic mass is 16.5. The van der Waals surface area contributed by atoms with Crippen molar-refractivity contribution in [1.29, 1.82) is 0 Å². The lowest BCUT2D eigenvalue weighted by Gasteiger charge is -2.22. The molecular formula is C13H26N2O3. The Morgan fingerprint density at radius 3 is 2.00 bits per heavy atom. The number of esters is 1. The zero-order valence-corrected chi connectivity index (χ0v) is 12.1. The Hall–Kier alpha value is -1.10. The van der Waals surface area contributed by atoms with Gasteiger partial charge in [0.05, 0.1) is 6.61 Å². The fourth-order valence-electron chi connectivity index (χ4n) is 1.75. The minimum Gasteiger partial charge on any atom is -0.459 e. The first-order valence-corrected chi connectivity index (χ1v) is 6.78. The van der Waals surface area contributed by atoms with Crippen LogP contribution >= 0.6 is 0 Å². The summed E-state index contributed by atoms with van der Waals surface area (Å²) in [6.07, 6.45) is 0.876. The number of rotatable bonds is 8. The van der Waals surface area contributed by atoms with Gasteiger partial charge in [-0.25, -0.2) is 4.79 Å². The van der Waals surface area contributed by atoms with E-state index in [1.54, 1.807) is 11.8 Å². The number of hydrogen-bond acceptors (Lipinski definition) is 4. The third-order valence-electron chi connectivity index (χ3n) is 2.92. The maximum atomic E-state index is 11.7. The van der Waals surface area contributed by atoms with E-state index < -0.39 is 11.9 Å². The molecule has 5 nitrogen and oxygen atoms in total. The molecule has 0 saturated carbocycles. The van der Waals surface area contributed by atoms with Crippen LogP contribution in [0.2, 0.25) is 0 Å². The molecule has 0 fully saturated rings. The van der Waals surface area contributed by atoms with Crippen LogP contribution in [-0.2, 0) is 14.3 Å². The summed E-state index contributed by atoms with van der Waals surface area (Å²) >= 11 is 0. The van der Waals surface area contributed by atoms with Crippen molar-refractivity contribution < 1.29 is 14.3 Å². The molecule has 0 radical (unpaired) electrons. The van der Waals surface area contributed by atoms with Crippen LogP contribution in [0.15, 0.2) is 0 Å². The lowest BCUT2D eigenvalue weighted by molar-refractivity contribution is -0.159. The molecule has 5 heteroatoms. The molecule has 0 aromatic heterocycles. The molecule has 0 aliphatic heterocycles. The smallest absolute Gasteiger partial charge is 0.397 e. The zero-order chi connectivity index (χ0) is 14.0. The molecule has 0 heterocycles. The van der Waals surface area contributed by atoms with Crippen molar-refractivity contribution in [2.75, 3.05) is 39.3 Å². The molecule has 1 amide bonds. The number of ether oxygens (including phenoxy) is 1. The number of nitrogens with zero attached hydrogens (tertiary/aromatic N) is 2. The number of likely N-dealkylation sites (N-methyl/N-ethyl adjacent to an activating group) is 1. The third kappa shape index (κ3) is 6.00. The molecular weight excluding hydrogens is 232 g/mol. The van der Waals surface area contributed by atoms with Gasteiger partial charge in [-0.3, -0.25) is 4.79 Å². The van der Waals surface area contributed by atoms with E-state index in [9.17, 15) is 9.59 Å². The lowest BCUT2D eigenvalue weighted by atomic mass is 10.3. The Bertz CT molecular complexity index is 253. The summed E-state index contributed by atoms with van der Waals surface area (Å²) in [5.41, 5.74) is 0. The summed E-state index contributed by atoms with van der Waals surface area (Å²) in [6.45, 7) is 12.1. The van der Waals surface area contributed by atoms with Crippen LogP contribution in [0.25, 0.3) is 0 Å². The summed E-state index contributed by atoms with van der Waals surface area (Å²) in [6, 6.07) is 0. The van der Waals surface area contributed by atoms with Crippen LogP contribution < -0.4 is 0 Å². The first kappa shape index (κ1) is 16.9. The van der Waals surface area contributed by atoms with E-state index in [0.717, 1.165) is 26.1 Å². The van der Waals surface area contributed by atoms with E-state index in [-0.39, 0.29) is 6.61 Å². The van der Waals surface area contributed by atoms with E-state index >= 15 is 0 Å². The van der Waals surface area contributed by atoms with E-state index in [4.69, 9.17) is 4.74 Å². The van der Waals surface area contributed by atoms with Crippen molar-refractivity contribution in [2.24, 2.45) is 0 Å². The maximum absolute atomic E-state index is 11.7. The number of carbonyl (C=O) groups is 2. The average molecular weight is 258 g/mol. The molecule has 0 aliphatic rings. The first-order chi connectivity index (χ1) is 8.60. The van der Waals surface area contributed by atoms with Crippen molar-refractivity contribution in [3.05, 3.63) is 0 Å². The second kappa shape index (κ2) is 9.88. The standard InChI is InChI=1S/C13H26N2O3/c1-5-14(6-2)10-9-11-15(7-3)12(16)13(17)18-8-4/h5-11H2,1-4H3. The van der Waals surface area contributed by atoms with Gasteiger partial charge >= 0.3 is 11.9 Å². The summed E-state index contributed by atoms with van der Waals surface area (Å²) in [5, 5.41) is 0. The van der Waals surface area contributed by atoms with Gasteiger partial charge in [0.2, 0.25) is 0 Å². The Morgan fingerprint density at radius 2 is 1.56 bits per heavy atom. The van der Waals surface area contributed by atoms with Crippen LogP contribution in [0.3, 0.4) is 0 Å². The zero-order valence-electron chi connectivity index (χ0n) is 12.1. The number of carbonyl (C=O) groups excluding carboxylic acids is 2. The summed E-state index contributed by atoms with van der Waals surface area (Å²) < 4.78 is 4.72. The molecule has 0 bridgehead atoms. The topological polar surface area (TPSA) is 49.9 Å². The van der Waals surface area contributed by atoms with Crippen LogP contribution in [0.5, 0.6) is 0 Å². The van der Waals surface area contributed by atoms with Crippen molar-refractivity contribution in [3.63, 3.8) is 0 Å². The normalized spacial score (nSPS) is 10.5. The van der Waals surface area contributed by atoms with Crippen molar-refractivity contribution in [2.45, 2.75) is 34.1 Å². The van der Waals surface area contributed by atoms with E-state index in [0.29, 0.717) is 13.1 Å². The molecule has 0 aliphatic carbocycles. The summed E-state index contributed by atoms with van der Waals surface area (Å²) in [4.78, 5) is 26.9. The summed E-state index contributed by atoms with van der Waals surface area (Å²) in [5.74, 6) is -1.28. The van der Waals surface area contributed by atoms with Crippen molar-refractivity contribution in [3.8, 4) is 0 Å². The van der Waals surface area contributed by atoms with Gasteiger partial charge in [0, 0.05) is 13.1 Å². The van der Waals surface area contributed by atoms with Gasteiger partial charge in [0.1, 0.15) is 0 Å². The van der Waals surface area contributed by atoms with Gasteiger partial charge < -0.3 is 14.5 Å². The fraction of sp³-hybridized carbons (Fsp3) is 0.846. The van der Waals surface area contributed by atoms with Crippen LogP contribution in [0.1, 0.15) is 34.1 Å². The Balaban J connectivity index is 4.10. The van der Waals surface area contributed by atoms with E-state index in [1.165, 1.54) is 0 Å². The van der Waals surface area contributed by atoms with Gasteiger partial charge in [-0.2, -0.15) is 0 Å². The Labute approximate surface area is 110 Å². The second-order valence-electron chi connectivity index (χ2n) is 3.99. The minimum atomic E-state index is -0.748. The van der Waals surface area contributed by atoms with Crippen LogP contribution in [0, 0.1) is 0 Å². The highest BCUT2D eigenvalue weighted by molar-refractivity contribution is 6.32. The fourth-order valence-corrected chi connectivity index (χ4v) is 1.75. The van der Waals surface area contributed by atoms with Gasteiger partial charge in [-0.1, -0.05) is 13.8 Å². The minimum absolute atomic E-state index is 0.238. The molecule has 0 unspecified atom stereocenters. The number of amides is 1. The van der Waals surface area contributed by atoms with Gasteiger partial charge in [0.15, 0.2) is 0 Å². The number of hydrogen-bond donors (Lipinski definition) is 0. The first-order valence-electron chi connectivity index (χ1n) is 6.78. The molecule has 0 aromatic rings. The van der Waals surface area contributed by atoms with E-state index in [2.05, 4.69) is 18.7 Å². The maximum Gasteiger partial charge on any atom is 0.397 e. The highest BCUT2D eigenvalue weighted by Gasteiger charge is 2.21. The van der Waals surface area contributed by atoms with Crippen LogP contribution in [-0.4, -0.2) is 61.0 Å². The van der Waals surface area contributed by atoms with Crippen LogP contribution in [0.4, 0.5) is 0 Å². The average Bonchev–Trinajstić information content (AvgIpc) is 2.39. The van der Waals surface area contributed by atoms with E-state index in [1.807, 2.05) is 6.92 Å². The quantitative estimate of drug-likeness (QED) is 0.484. The molecule has 0 aromatic carbocycles. The lowest BCUT2D eigenvalue weighted by Crippen LogP contribution is -2.39. The predicted molar refractivity (Wildman–Crippen MR) is 71.3 cm³/mol. The van der Waals surface area contributed by atoms with Crippen molar-refractivity contribution in [1.82, 2.24) is 9.80 Å². The largest absolute Gasteiger partial charge is 0.459 e. The SMILES string of the molecule is CCOC(=O)C(=O)N(CC)CCCN(CC)CC. The summed E-state index contributed by atoms with van der Waals surface area (Å²) in [7, 11) is 0. The molecule has 0 saturated heterocycles. The third-order valence-corrected chi connectivity index (χ3v) is 2.92. The Morgan fingerprint density at radius 1 is 0.944 bits per heavy atom. The molecule has 0 rings (SSSR count). The molecule has 0 spiro atoms. The second-order valence-corrected chi connectivity index (χ2v) is 3.99. The predicted octanol–water partition coefficient (Wildman–Crippen LogP) is 1.13. The molecule has 0 atom stereocenters. The molecule has 0 N–H and O–H groups in total. The molecule has 18 heavy (non-hydrogen) atoms. The van der Waals surface area contributed by atoms with Gasteiger partial charge in [0.25, 0.3) is 0 Å². The van der Waals surface area contributed by atoms with Gasteiger partial charge in [-0.15, -0.1) is 0 Å². The van der Waals surface area contributed by atoms with Crippen molar-refractivity contribution >= 4 is 11.9 Å². The molecule has 106 valence electrons. The van der Waals surface area contributed by atoms with Gasteiger partial charge in [-0.05, 0) is 39.9 Å². The Kier molecular flexibility index (Phi) is 9.28. The highest BCUT2D eigenvalue weighted by Crippen LogP contribution is 1.98.